The molecular formula is C23H28Cl2N2OS. The van der Waals surface area contributed by atoms with Crippen molar-refractivity contribution in [3.63, 3.8) is 0 Å². The second-order valence-corrected chi connectivity index (χ2v) is 9.57. The molecule has 1 atom stereocenters. The fraction of sp³-hybridized carbons (Fsp3) is 0.435. The zero-order valence-corrected chi connectivity index (χ0v) is 19.1. The Hall–Kier alpha value is -1.20. The van der Waals surface area contributed by atoms with Crippen LogP contribution in [0.3, 0.4) is 0 Å². The number of thioether (sulfide) groups is 1. The highest BCUT2D eigenvalue weighted by Crippen LogP contribution is 2.25. The molecule has 1 N–H and O–H groups in total. The van der Waals surface area contributed by atoms with Crippen LogP contribution in [0.4, 0.5) is 0 Å². The Morgan fingerprint density at radius 1 is 1.14 bits per heavy atom. The lowest BCUT2D eigenvalue weighted by Gasteiger charge is -2.32. The van der Waals surface area contributed by atoms with Gasteiger partial charge in [-0.1, -0.05) is 59.1 Å². The van der Waals surface area contributed by atoms with Crippen molar-refractivity contribution in [2.75, 3.05) is 25.4 Å². The van der Waals surface area contributed by atoms with Crippen LogP contribution in [0, 0.1) is 12.8 Å². The van der Waals surface area contributed by atoms with Crippen LogP contribution in [-0.4, -0.2) is 36.2 Å². The van der Waals surface area contributed by atoms with E-state index >= 15 is 0 Å². The lowest BCUT2D eigenvalue weighted by Crippen LogP contribution is -2.43. The molecule has 0 radical (unpaired) electrons. The Balaban J connectivity index is 1.37. The number of nitrogens with zero attached hydrogens (tertiary/aromatic N) is 1. The molecule has 2 aromatic rings. The average molecular weight is 451 g/mol. The summed E-state index contributed by atoms with van der Waals surface area (Å²) in [6, 6.07) is 14.4. The Morgan fingerprint density at radius 2 is 1.90 bits per heavy atom. The van der Waals surface area contributed by atoms with Crippen LogP contribution in [0.15, 0.2) is 42.5 Å². The Morgan fingerprint density at radius 3 is 2.66 bits per heavy atom. The van der Waals surface area contributed by atoms with Crippen LogP contribution in [0.1, 0.15) is 29.5 Å². The van der Waals surface area contributed by atoms with Crippen molar-refractivity contribution in [3.8, 4) is 0 Å². The van der Waals surface area contributed by atoms with Gasteiger partial charge in [-0.05, 0) is 49.6 Å². The van der Waals surface area contributed by atoms with E-state index < -0.39 is 0 Å². The van der Waals surface area contributed by atoms with Crippen LogP contribution in [0.25, 0.3) is 0 Å². The number of halogens is 2. The maximum Gasteiger partial charge on any atom is 0.224 e. The SMILES string of the molecule is Cc1ccc(CSCCNC(=O)C2CCCN(Cc3ccc(Cl)c(Cl)c3)C2)cc1. The number of aryl methyl sites for hydroxylation is 1. The van der Waals surface area contributed by atoms with E-state index in [-0.39, 0.29) is 11.8 Å². The molecule has 3 nitrogen and oxygen atoms in total. The maximum absolute atomic E-state index is 12.6. The van der Waals surface area contributed by atoms with Gasteiger partial charge in [0.15, 0.2) is 0 Å². The second kappa shape index (κ2) is 11.3. The maximum atomic E-state index is 12.6. The molecule has 1 amide bonds. The number of hydrogen-bond acceptors (Lipinski definition) is 3. The molecule has 156 valence electrons. The summed E-state index contributed by atoms with van der Waals surface area (Å²) in [5.41, 5.74) is 3.75. The van der Waals surface area contributed by atoms with E-state index in [1.165, 1.54) is 11.1 Å². The molecule has 1 aliphatic rings. The molecule has 0 saturated carbocycles. The van der Waals surface area contributed by atoms with Crippen molar-refractivity contribution in [1.29, 1.82) is 0 Å². The summed E-state index contributed by atoms with van der Waals surface area (Å²) in [7, 11) is 0. The molecular weight excluding hydrogens is 423 g/mol. The number of carbonyl (C=O) groups is 1. The molecule has 0 aliphatic carbocycles. The highest BCUT2D eigenvalue weighted by Gasteiger charge is 2.25. The predicted octanol–water partition coefficient (Wildman–Crippen LogP) is 5.56. The summed E-state index contributed by atoms with van der Waals surface area (Å²) >= 11 is 14.0. The van der Waals surface area contributed by atoms with E-state index in [1.807, 2.05) is 30.0 Å². The first kappa shape index (κ1) is 22.5. The molecule has 0 aromatic heterocycles. The number of rotatable bonds is 8. The minimum absolute atomic E-state index is 0.0635. The van der Waals surface area contributed by atoms with Crippen molar-refractivity contribution < 1.29 is 4.79 Å². The van der Waals surface area contributed by atoms with Gasteiger partial charge in [-0.2, -0.15) is 11.8 Å². The lowest BCUT2D eigenvalue weighted by molar-refractivity contribution is -0.126. The first-order valence-corrected chi connectivity index (χ1v) is 12.0. The molecule has 0 spiro atoms. The molecule has 1 fully saturated rings. The molecule has 0 bridgehead atoms. The first-order valence-electron chi connectivity index (χ1n) is 10.1. The molecule has 2 aromatic carbocycles. The minimum Gasteiger partial charge on any atom is -0.355 e. The van der Waals surface area contributed by atoms with Gasteiger partial charge in [-0.15, -0.1) is 0 Å². The van der Waals surface area contributed by atoms with Crippen molar-refractivity contribution in [2.45, 2.75) is 32.1 Å². The van der Waals surface area contributed by atoms with Gasteiger partial charge in [0.2, 0.25) is 5.91 Å². The van der Waals surface area contributed by atoms with Crippen LogP contribution in [0.2, 0.25) is 10.0 Å². The Kier molecular flexibility index (Phi) is 8.73. The van der Waals surface area contributed by atoms with Crippen molar-refractivity contribution >= 4 is 40.9 Å². The number of piperidine rings is 1. The van der Waals surface area contributed by atoms with E-state index in [9.17, 15) is 4.79 Å². The molecule has 1 aliphatic heterocycles. The predicted molar refractivity (Wildman–Crippen MR) is 125 cm³/mol. The Labute approximate surface area is 188 Å². The van der Waals surface area contributed by atoms with Crippen LogP contribution in [-0.2, 0) is 17.1 Å². The molecule has 1 unspecified atom stereocenters. The van der Waals surface area contributed by atoms with Crippen molar-refractivity contribution in [3.05, 3.63) is 69.2 Å². The quantitative estimate of drug-likeness (QED) is 0.533. The molecule has 1 heterocycles. The van der Waals surface area contributed by atoms with Crippen LogP contribution >= 0.6 is 35.0 Å². The van der Waals surface area contributed by atoms with E-state index in [2.05, 4.69) is 41.4 Å². The first-order chi connectivity index (χ1) is 14.0. The summed E-state index contributed by atoms with van der Waals surface area (Å²) in [5.74, 6) is 2.16. The highest BCUT2D eigenvalue weighted by atomic mass is 35.5. The largest absolute Gasteiger partial charge is 0.355 e. The summed E-state index contributed by atoms with van der Waals surface area (Å²) < 4.78 is 0. The van der Waals surface area contributed by atoms with Gasteiger partial charge in [-0.3, -0.25) is 9.69 Å². The average Bonchev–Trinajstić information content (AvgIpc) is 2.72. The number of carbonyl (C=O) groups excluding carboxylic acids is 1. The summed E-state index contributed by atoms with van der Waals surface area (Å²) in [4.78, 5) is 14.9. The topological polar surface area (TPSA) is 32.3 Å². The highest BCUT2D eigenvalue weighted by molar-refractivity contribution is 7.98. The van der Waals surface area contributed by atoms with Gasteiger partial charge in [0.25, 0.3) is 0 Å². The third-order valence-corrected chi connectivity index (χ3v) is 6.97. The number of likely N-dealkylation sites (tertiary alicyclic amines) is 1. The summed E-state index contributed by atoms with van der Waals surface area (Å²) in [6.45, 7) is 5.42. The fourth-order valence-corrected chi connectivity index (χ4v) is 4.71. The zero-order chi connectivity index (χ0) is 20.6. The minimum atomic E-state index is 0.0635. The van der Waals surface area contributed by atoms with Gasteiger partial charge in [0.05, 0.1) is 16.0 Å². The summed E-state index contributed by atoms with van der Waals surface area (Å²) in [5, 5.41) is 4.28. The van der Waals surface area contributed by atoms with E-state index in [4.69, 9.17) is 23.2 Å². The molecule has 6 heteroatoms. The van der Waals surface area contributed by atoms with Gasteiger partial charge in [0.1, 0.15) is 0 Å². The monoisotopic (exact) mass is 450 g/mol. The Bertz CT molecular complexity index is 813. The molecule has 3 rings (SSSR count). The lowest BCUT2D eigenvalue weighted by atomic mass is 9.96. The normalized spacial score (nSPS) is 17.3. The smallest absolute Gasteiger partial charge is 0.224 e. The fourth-order valence-electron chi connectivity index (χ4n) is 3.57. The number of amides is 1. The number of hydrogen-bond donors (Lipinski definition) is 1. The van der Waals surface area contributed by atoms with Crippen molar-refractivity contribution in [1.82, 2.24) is 10.2 Å². The van der Waals surface area contributed by atoms with Crippen molar-refractivity contribution in [2.24, 2.45) is 5.92 Å². The summed E-state index contributed by atoms with van der Waals surface area (Å²) in [6.07, 6.45) is 2.00. The third kappa shape index (κ3) is 7.21. The number of nitrogens with one attached hydrogen (secondary N) is 1. The molecule has 1 saturated heterocycles. The van der Waals surface area contributed by atoms with Gasteiger partial charge in [0, 0.05) is 31.1 Å². The van der Waals surface area contributed by atoms with E-state index in [0.29, 0.717) is 10.0 Å². The third-order valence-electron chi connectivity index (χ3n) is 5.20. The van der Waals surface area contributed by atoms with Gasteiger partial charge >= 0.3 is 0 Å². The van der Waals surface area contributed by atoms with Gasteiger partial charge in [-0.25, -0.2) is 0 Å². The second-order valence-electron chi connectivity index (χ2n) is 7.65. The van der Waals surface area contributed by atoms with Crippen LogP contribution in [0.5, 0.6) is 0 Å². The zero-order valence-electron chi connectivity index (χ0n) is 16.8. The van der Waals surface area contributed by atoms with E-state index in [1.54, 1.807) is 0 Å². The molecule has 29 heavy (non-hydrogen) atoms. The van der Waals surface area contributed by atoms with Gasteiger partial charge < -0.3 is 5.32 Å². The van der Waals surface area contributed by atoms with Crippen LogP contribution < -0.4 is 5.32 Å². The van der Waals surface area contributed by atoms with E-state index in [0.717, 1.165) is 56.1 Å². The standard InChI is InChI=1S/C23H28Cl2N2OS/c1-17-4-6-18(7-5-17)16-29-12-10-26-23(28)20-3-2-11-27(15-20)14-19-8-9-21(24)22(25)13-19/h4-9,13,20H,2-3,10-12,14-16H2,1H3,(H,26,28). The number of benzene rings is 2.